The molecule has 0 heterocycles. The third-order valence-electron chi connectivity index (χ3n) is 3.80. The average molecular weight is 256 g/mol. The van der Waals surface area contributed by atoms with Crippen molar-refractivity contribution in [1.82, 2.24) is 5.32 Å². The van der Waals surface area contributed by atoms with Crippen LogP contribution in [-0.4, -0.2) is 11.4 Å². The van der Waals surface area contributed by atoms with Crippen molar-refractivity contribution in [2.75, 3.05) is 0 Å². The van der Waals surface area contributed by atoms with E-state index in [0.29, 0.717) is 5.56 Å². The fourth-order valence-electron chi connectivity index (χ4n) is 2.67. The summed E-state index contributed by atoms with van der Waals surface area (Å²) in [5, 5.41) is 12.4. The first-order chi connectivity index (χ1) is 9.15. The third-order valence-corrected chi connectivity index (χ3v) is 3.80. The van der Waals surface area contributed by atoms with Crippen LogP contribution in [0.1, 0.15) is 54.4 Å². The molecule has 1 aliphatic rings. The molecular formula is C16H20N2O. The molecule has 0 atom stereocenters. The molecule has 0 unspecified atom stereocenters. The summed E-state index contributed by atoms with van der Waals surface area (Å²) >= 11 is 0. The molecule has 0 aliphatic heterocycles. The molecule has 1 aromatic rings. The highest BCUT2D eigenvalue weighted by atomic mass is 16.1. The molecule has 0 bridgehead atoms. The van der Waals surface area contributed by atoms with Gasteiger partial charge in [-0.1, -0.05) is 43.4 Å². The van der Waals surface area contributed by atoms with Crippen molar-refractivity contribution in [2.45, 2.75) is 51.0 Å². The number of nitriles is 1. The van der Waals surface area contributed by atoms with E-state index in [0.717, 1.165) is 44.1 Å². The summed E-state index contributed by atoms with van der Waals surface area (Å²) in [4.78, 5) is 12.3. The molecule has 0 saturated heterocycles. The average Bonchev–Trinajstić information content (AvgIpc) is 2.65. The highest BCUT2D eigenvalue weighted by Gasteiger charge is 2.32. The summed E-state index contributed by atoms with van der Waals surface area (Å²) < 4.78 is 0. The maximum atomic E-state index is 12.3. The second kappa shape index (κ2) is 5.88. The van der Waals surface area contributed by atoms with Gasteiger partial charge in [0.05, 0.1) is 6.07 Å². The molecule has 1 aromatic carbocycles. The van der Waals surface area contributed by atoms with E-state index in [1.54, 1.807) is 6.07 Å². The van der Waals surface area contributed by atoms with E-state index < -0.39 is 5.54 Å². The van der Waals surface area contributed by atoms with Crippen molar-refractivity contribution in [3.05, 3.63) is 35.4 Å². The molecule has 100 valence electrons. The first kappa shape index (κ1) is 13.6. The Morgan fingerprint density at radius 3 is 2.53 bits per heavy atom. The van der Waals surface area contributed by atoms with E-state index in [1.165, 1.54) is 0 Å². The van der Waals surface area contributed by atoms with Gasteiger partial charge in [-0.25, -0.2) is 0 Å². The minimum absolute atomic E-state index is 0.132. The lowest BCUT2D eigenvalue weighted by atomic mass is 9.91. The van der Waals surface area contributed by atoms with Gasteiger partial charge in [-0.2, -0.15) is 5.26 Å². The number of amides is 1. The van der Waals surface area contributed by atoms with E-state index in [2.05, 4.69) is 11.4 Å². The Kier molecular flexibility index (Phi) is 4.21. The quantitative estimate of drug-likeness (QED) is 0.825. The number of aryl methyl sites for hydroxylation is 1. The number of carbonyl (C=O) groups excluding carboxylic acids is 1. The monoisotopic (exact) mass is 256 g/mol. The van der Waals surface area contributed by atoms with Crippen LogP contribution in [0.4, 0.5) is 0 Å². The Bertz CT molecular complexity index is 494. The molecule has 3 heteroatoms. The lowest BCUT2D eigenvalue weighted by molar-refractivity contribution is 0.0913. The molecule has 0 spiro atoms. The second-order valence-corrected chi connectivity index (χ2v) is 5.43. The molecule has 1 amide bonds. The summed E-state index contributed by atoms with van der Waals surface area (Å²) in [7, 11) is 0. The van der Waals surface area contributed by atoms with Crippen LogP contribution in [0.15, 0.2) is 24.3 Å². The van der Waals surface area contributed by atoms with Gasteiger partial charge in [-0.15, -0.1) is 0 Å². The Labute approximate surface area is 114 Å². The topological polar surface area (TPSA) is 52.9 Å². The zero-order chi connectivity index (χ0) is 13.7. The minimum atomic E-state index is -0.669. The lowest BCUT2D eigenvalue weighted by Crippen LogP contribution is -2.47. The van der Waals surface area contributed by atoms with Crippen LogP contribution in [0.5, 0.6) is 0 Å². The molecule has 1 fully saturated rings. The van der Waals surface area contributed by atoms with E-state index in [9.17, 15) is 10.1 Å². The van der Waals surface area contributed by atoms with Gasteiger partial charge in [-0.05, 0) is 31.9 Å². The Morgan fingerprint density at radius 2 is 1.95 bits per heavy atom. The number of carbonyl (C=O) groups is 1. The number of hydrogen-bond acceptors (Lipinski definition) is 2. The molecule has 0 radical (unpaired) electrons. The van der Waals surface area contributed by atoms with E-state index in [-0.39, 0.29) is 5.91 Å². The zero-order valence-electron chi connectivity index (χ0n) is 11.4. The predicted molar refractivity (Wildman–Crippen MR) is 74.7 cm³/mol. The van der Waals surface area contributed by atoms with Crippen LogP contribution in [0.3, 0.4) is 0 Å². The fraction of sp³-hybridized carbons (Fsp3) is 0.500. The van der Waals surface area contributed by atoms with E-state index in [4.69, 9.17) is 0 Å². The maximum absolute atomic E-state index is 12.3. The van der Waals surface area contributed by atoms with Crippen molar-refractivity contribution < 1.29 is 4.79 Å². The van der Waals surface area contributed by atoms with Crippen LogP contribution in [0.25, 0.3) is 0 Å². The number of hydrogen-bond donors (Lipinski definition) is 1. The van der Waals surface area contributed by atoms with Crippen LogP contribution in [0.2, 0.25) is 0 Å². The molecular weight excluding hydrogens is 236 g/mol. The normalized spacial score (nSPS) is 18.1. The Morgan fingerprint density at radius 1 is 1.26 bits per heavy atom. The summed E-state index contributed by atoms with van der Waals surface area (Å²) in [6.07, 6.45) is 5.87. The van der Waals surface area contributed by atoms with Gasteiger partial charge in [0.15, 0.2) is 0 Å². The van der Waals surface area contributed by atoms with Gasteiger partial charge in [0.1, 0.15) is 5.54 Å². The number of nitrogens with one attached hydrogen (secondary N) is 1. The van der Waals surface area contributed by atoms with Gasteiger partial charge in [-0.3, -0.25) is 4.79 Å². The number of nitrogens with zero attached hydrogens (tertiary/aromatic N) is 1. The van der Waals surface area contributed by atoms with Crippen LogP contribution >= 0.6 is 0 Å². The highest BCUT2D eigenvalue weighted by Crippen LogP contribution is 2.27. The SMILES string of the molecule is Cc1cccc(C(=O)NC2(C#N)CCCCCC2)c1. The Hall–Kier alpha value is -1.82. The zero-order valence-corrected chi connectivity index (χ0v) is 11.4. The fourth-order valence-corrected chi connectivity index (χ4v) is 2.67. The summed E-state index contributed by atoms with van der Waals surface area (Å²) in [6.45, 7) is 1.96. The molecule has 3 nitrogen and oxygen atoms in total. The molecule has 1 N–H and O–H groups in total. The smallest absolute Gasteiger partial charge is 0.252 e. The predicted octanol–water partition coefficient (Wildman–Crippen LogP) is 3.34. The van der Waals surface area contributed by atoms with Crippen molar-refractivity contribution in [1.29, 1.82) is 5.26 Å². The highest BCUT2D eigenvalue weighted by molar-refractivity contribution is 5.95. The first-order valence-electron chi connectivity index (χ1n) is 6.96. The minimum Gasteiger partial charge on any atom is -0.334 e. The van der Waals surface area contributed by atoms with Crippen molar-refractivity contribution >= 4 is 5.91 Å². The van der Waals surface area contributed by atoms with E-state index >= 15 is 0 Å². The van der Waals surface area contributed by atoms with Gasteiger partial charge in [0.25, 0.3) is 5.91 Å². The summed E-state index contributed by atoms with van der Waals surface area (Å²) in [6, 6.07) is 9.83. The van der Waals surface area contributed by atoms with Crippen LogP contribution in [0, 0.1) is 18.3 Å². The Balaban J connectivity index is 2.14. The van der Waals surface area contributed by atoms with Crippen molar-refractivity contribution in [2.24, 2.45) is 0 Å². The standard InChI is InChI=1S/C16H20N2O/c1-13-7-6-8-14(11-13)15(19)18-16(12-17)9-4-2-3-5-10-16/h6-8,11H,2-5,9-10H2,1H3,(H,18,19). The number of benzene rings is 1. The maximum Gasteiger partial charge on any atom is 0.252 e. The molecule has 0 aromatic heterocycles. The third kappa shape index (κ3) is 3.35. The molecule has 1 aliphatic carbocycles. The van der Waals surface area contributed by atoms with Crippen molar-refractivity contribution in [3.8, 4) is 6.07 Å². The van der Waals surface area contributed by atoms with Crippen LogP contribution in [-0.2, 0) is 0 Å². The largest absolute Gasteiger partial charge is 0.334 e. The summed E-state index contributed by atoms with van der Waals surface area (Å²) in [5.74, 6) is -0.132. The molecule has 2 rings (SSSR count). The van der Waals surface area contributed by atoms with Gasteiger partial charge < -0.3 is 5.32 Å². The molecule has 19 heavy (non-hydrogen) atoms. The molecule has 1 saturated carbocycles. The van der Waals surface area contributed by atoms with E-state index in [1.807, 2.05) is 25.1 Å². The second-order valence-electron chi connectivity index (χ2n) is 5.43. The van der Waals surface area contributed by atoms with Gasteiger partial charge in [0, 0.05) is 5.56 Å². The van der Waals surface area contributed by atoms with Crippen molar-refractivity contribution in [3.63, 3.8) is 0 Å². The van der Waals surface area contributed by atoms with Gasteiger partial charge >= 0.3 is 0 Å². The van der Waals surface area contributed by atoms with Gasteiger partial charge in [0.2, 0.25) is 0 Å². The summed E-state index contributed by atoms with van der Waals surface area (Å²) in [5.41, 5.74) is 1.02. The number of rotatable bonds is 2. The lowest BCUT2D eigenvalue weighted by Gasteiger charge is -2.26. The van der Waals surface area contributed by atoms with Crippen LogP contribution < -0.4 is 5.32 Å². The first-order valence-corrected chi connectivity index (χ1v) is 6.96.